The Morgan fingerprint density at radius 1 is 1.19 bits per heavy atom. The largest absolute Gasteiger partial charge is 0.306 e. The number of nitrogens with one attached hydrogen (secondary N) is 1. The second-order valence-corrected chi connectivity index (χ2v) is 5.18. The zero-order valence-electron chi connectivity index (χ0n) is 12.4. The van der Waals surface area contributed by atoms with Crippen LogP contribution < -0.4 is 5.32 Å². The normalized spacial score (nSPS) is 12.1. The van der Waals surface area contributed by atoms with E-state index in [9.17, 15) is 10.1 Å². The minimum Gasteiger partial charge on any atom is -0.306 e. The van der Waals surface area contributed by atoms with Gasteiger partial charge in [-0.25, -0.2) is 0 Å². The molecule has 0 saturated heterocycles. The minimum absolute atomic E-state index is 0.117. The molecule has 4 nitrogen and oxygen atoms in total. The van der Waals surface area contributed by atoms with Gasteiger partial charge in [0, 0.05) is 24.7 Å². The van der Waals surface area contributed by atoms with E-state index < -0.39 is 0 Å². The van der Waals surface area contributed by atoms with E-state index in [1.54, 1.807) is 12.1 Å². The van der Waals surface area contributed by atoms with Crippen LogP contribution in [-0.2, 0) is 6.54 Å². The zero-order valence-corrected chi connectivity index (χ0v) is 12.4. The summed E-state index contributed by atoms with van der Waals surface area (Å²) in [5.74, 6) is 0. The van der Waals surface area contributed by atoms with E-state index in [2.05, 4.69) is 43.4 Å². The Kier molecular flexibility index (Phi) is 5.06. The second kappa shape index (κ2) is 6.99. The third-order valence-electron chi connectivity index (χ3n) is 3.56. The molecule has 0 aliphatic heterocycles. The predicted molar refractivity (Wildman–Crippen MR) is 84.1 cm³/mol. The van der Waals surface area contributed by atoms with Gasteiger partial charge in [0.1, 0.15) is 0 Å². The standard InChI is InChI=1S/C17H20N2O2/c1-3-17(15-5-4-6-16(11-15)19(20)21)18-12-14-9-7-13(2)8-10-14/h4-11,17-18H,3,12H2,1-2H3. The lowest BCUT2D eigenvalue weighted by atomic mass is 10.0. The van der Waals surface area contributed by atoms with Crippen molar-refractivity contribution in [3.05, 3.63) is 75.3 Å². The number of hydrogen-bond donors (Lipinski definition) is 1. The first kappa shape index (κ1) is 15.2. The van der Waals surface area contributed by atoms with Gasteiger partial charge in [0.25, 0.3) is 5.69 Å². The lowest BCUT2D eigenvalue weighted by molar-refractivity contribution is -0.384. The van der Waals surface area contributed by atoms with E-state index >= 15 is 0 Å². The molecular weight excluding hydrogens is 264 g/mol. The molecule has 0 aromatic heterocycles. The maximum absolute atomic E-state index is 10.9. The van der Waals surface area contributed by atoms with Gasteiger partial charge in [0.2, 0.25) is 0 Å². The van der Waals surface area contributed by atoms with E-state index in [0.717, 1.165) is 18.5 Å². The van der Waals surface area contributed by atoms with Gasteiger partial charge in [0.15, 0.2) is 0 Å². The summed E-state index contributed by atoms with van der Waals surface area (Å²) in [5, 5.41) is 14.3. The molecule has 0 fully saturated rings. The van der Waals surface area contributed by atoms with Gasteiger partial charge in [-0.3, -0.25) is 10.1 Å². The van der Waals surface area contributed by atoms with Gasteiger partial charge in [-0.1, -0.05) is 48.9 Å². The summed E-state index contributed by atoms with van der Waals surface area (Å²) in [5.41, 5.74) is 3.55. The van der Waals surface area contributed by atoms with Crippen LogP contribution in [0.1, 0.15) is 36.1 Å². The number of non-ortho nitro benzene ring substituents is 1. The Hall–Kier alpha value is -2.20. The molecule has 1 N–H and O–H groups in total. The van der Waals surface area contributed by atoms with Gasteiger partial charge in [0.05, 0.1) is 4.92 Å². The van der Waals surface area contributed by atoms with Crippen molar-refractivity contribution >= 4 is 5.69 Å². The van der Waals surface area contributed by atoms with Gasteiger partial charge >= 0.3 is 0 Å². The fourth-order valence-electron chi connectivity index (χ4n) is 2.30. The molecule has 2 aromatic rings. The number of hydrogen-bond acceptors (Lipinski definition) is 3. The topological polar surface area (TPSA) is 55.2 Å². The van der Waals surface area contributed by atoms with E-state index in [1.807, 2.05) is 6.07 Å². The van der Waals surface area contributed by atoms with Crippen LogP contribution in [-0.4, -0.2) is 4.92 Å². The number of nitro groups is 1. The van der Waals surface area contributed by atoms with Crippen LogP contribution in [0, 0.1) is 17.0 Å². The summed E-state index contributed by atoms with van der Waals surface area (Å²) in [7, 11) is 0. The number of benzene rings is 2. The molecule has 1 atom stereocenters. The zero-order chi connectivity index (χ0) is 15.2. The van der Waals surface area contributed by atoms with Crippen molar-refractivity contribution in [1.29, 1.82) is 0 Å². The molecule has 2 rings (SSSR count). The Bertz CT molecular complexity index is 608. The SMILES string of the molecule is CCC(NCc1ccc(C)cc1)c1cccc([N+](=O)[O-])c1. The molecule has 0 spiro atoms. The van der Waals surface area contributed by atoms with Gasteiger partial charge in [-0.2, -0.15) is 0 Å². The van der Waals surface area contributed by atoms with Crippen LogP contribution in [0.5, 0.6) is 0 Å². The maximum Gasteiger partial charge on any atom is 0.269 e. The third kappa shape index (κ3) is 4.13. The highest BCUT2D eigenvalue weighted by atomic mass is 16.6. The molecule has 0 aliphatic rings. The van der Waals surface area contributed by atoms with Gasteiger partial charge in [-0.05, 0) is 24.5 Å². The molecule has 2 aromatic carbocycles. The highest BCUT2D eigenvalue weighted by molar-refractivity contribution is 5.35. The van der Waals surface area contributed by atoms with Gasteiger partial charge < -0.3 is 5.32 Å². The molecule has 0 bridgehead atoms. The van der Waals surface area contributed by atoms with Crippen molar-refractivity contribution in [2.75, 3.05) is 0 Å². The van der Waals surface area contributed by atoms with Crippen molar-refractivity contribution in [2.24, 2.45) is 0 Å². The molecule has 110 valence electrons. The maximum atomic E-state index is 10.9. The first-order chi connectivity index (χ1) is 10.1. The van der Waals surface area contributed by atoms with Crippen LogP contribution >= 0.6 is 0 Å². The smallest absolute Gasteiger partial charge is 0.269 e. The third-order valence-corrected chi connectivity index (χ3v) is 3.56. The van der Waals surface area contributed by atoms with Crippen LogP contribution in [0.4, 0.5) is 5.69 Å². The van der Waals surface area contributed by atoms with Crippen LogP contribution in [0.2, 0.25) is 0 Å². The molecule has 0 saturated carbocycles. The van der Waals surface area contributed by atoms with Crippen LogP contribution in [0.25, 0.3) is 0 Å². The Morgan fingerprint density at radius 2 is 1.90 bits per heavy atom. The summed E-state index contributed by atoms with van der Waals surface area (Å²) < 4.78 is 0. The molecule has 0 amide bonds. The molecule has 4 heteroatoms. The van der Waals surface area contributed by atoms with Crippen molar-refractivity contribution < 1.29 is 4.92 Å². The number of nitrogens with zero attached hydrogens (tertiary/aromatic N) is 1. The van der Waals surface area contributed by atoms with E-state index in [0.29, 0.717) is 0 Å². The lowest BCUT2D eigenvalue weighted by Gasteiger charge is -2.17. The quantitative estimate of drug-likeness (QED) is 0.640. The number of aryl methyl sites for hydroxylation is 1. The Balaban J connectivity index is 2.07. The highest BCUT2D eigenvalue weighted by Crippen LogP contribution is 2.22. The van der Waals surface area contributed by atoms with Crippen LogP contribution in [0.3, 0.4) is 0 Å². The lowest BCUT2D eigenvalue weighted by Crippen LogP contribution is -2.20. The average Bonchev–Trinajstić information content (AvgIpc) is 2.50. The monoisotopic (exact) mass is 284 g/mol. The summed E-state index contributed by atoms with van der Waals surface area (Å²) in [4.78, 5) is 10.5. The highest BCUT2D eigenvalue weighted by Gasteiger charge is 2.12. The van der Waals surface area contributed by atoms with Crippen molar-refractivity contribution in [3.8, 4) is 0 Å². The molecule has 21 heavy (non-hydrogen) atoms. The minimum atomic E-state index is -0.351. The van der Waals surface area contributed by atoms with E-state index in [-0.39, 0.29) is 16.7 Å². The van der Waals surface area contributed by atoms with E-state index in [1.165, 1.54) is 17.2 Å². The second-order valence-electron chi connectivity index (χ2n) is 5.18. The average molecular weight is 284 g/mol. The van der Waals surface area contributed by atoms with Crippen molar-refractivity contribution in [1.82, 2.24) is 5.32 Å². The van der Waals surface area contributed by atoms with E-state index in [4.69, 9.17) is 0 Å². The summed E-state index contributed by atoms with van der Waals surface area (Å²) in [6, 6.07) is 15.3. The number of rotatable bonds is 6. The molecule has 0 heterocycles. The summed E-state index contributed by atoms with van der Waals surface area (Å²) in [6.45, 7) is 4.89. The first-order valence-electron chi connectivity index (χ1n) is 7.13. The molecule has 0 radical (unpaired) electrons. The number of nitro benzene ring substituents is 1. The van der Waals surface area contributed by atoms with Crippen molar-refractivity contribution in [3.63, 3.8) is 0 Å². The predicted octanol–water partition coefficient (Wildman–Crippen LogP) is 4.14. The molecule has 0 aliphatic carbocycles. The van der Waals surface area contributed by atoms with Gasteiger partial charge in [-0.15, -0.1) is 0 Å². The summed E-state index contributed by atoms with van der Waals surface area (Å²) in [6.07, 6.45) is 0.882. The molecular formula is C17H20N2O2. The molecule has 1 unspecified atom stereocenters. The Morgan fingerprint density at radius 3 is 2.52 bits per heavy atom. The van der Waals surface area contributed by atoms with Crippen LogP contribution in [0.15, 0.2) is 48.5 Å². The van der Waals surface area contributed by atoms with Crippen molar-refractivity contribution in [2.45, 2.75) is 32.9 Å². The Labute approximate surface area is 125 Å². The fourth-order valence-corrected chi connectivity index (χ4v) is 2.30. The summed E-state index contributed by atoms with van der Waals surface area (Å²) >= 11 is 0. The fraction of sp³-hybridized carbons (Fsp3) is 0.294. The first-order valence-corrected chi connectivity index (χ1v) is 7.13.